The highest BCUT2D eigenvalue weighted by Crippen LogP contribution is 2.32. The Morgan fingerprint density at radius 3 is 2.46 bits per heavy atom. The molecule has 0 unspecified atom stereocenters. The van der Waals surface area contributed by atoms with Gasteiger partial charge < -0.3 is 14.7 Å². The Bertz CT molecular complexity index is 1340. The van der Waals surface area contributed by atoms with Crippen LogP contribution in [0.15, 0.2) is 67.1 Å². The van der Waals surface area contributed by atoms with Gasteiger partial charge in [0.05, 0.1) is 18.8 Å². The second-order valence-electron chi connectivity index (χ2n) is 8.82. The van der Waals surface area contributed by atoms with Gasteiger partial charge in [-0.15, -0.1) is 0 Å². The summed E-state index contributed by atoms with van der Waals surface area (Å²) < 4.78 is 13.6. The molecule has 0 aliphatic carbocycles. The van der Waals surface area contributed by atoms with Gasteiger partial charge in [-0.05, 0) is 55.7 Å². The molecule has 2 saturated heterocycles. The fourth-order valence-electron chi connectivity index (χ4n) is 4.59. The zero-order valence-electron chi connectivity index (χ0n) is 19.7. The topological polar surface area (TPSA) is 52.8 Å². The second kappa shape index (κ2) is 9.18. The van der Waals surface area contributed by atoms with Crippen LogP contribution in [0, 0.1) is 19.3 Å². The van der Waals surface area contributed by atoms with Gasteiger partial charge >= 0.3 is 0 Å². The van der Waals surface area contributed by atoms with Crippen molar-refractivity contribution in [3.05, 3.63) is 89.9 Å². The average molecular weight is 468 g/mol. The smallest absolute Gasteiger partial charge is 0.232 e. The first-order chi connectivity index (χ1) is 16.9. The van der Waals surface area contributed by atoms with Crippen LogP contribution in [-0.2, 0) is 0 Å². The summed E-state index contributed by atoms with van der Waals surface area (Å²) in [4.78, 5) is 24.0. The second-order valence-corrected chi connectivity index (χ2v) is 8.82. The molecule has 5 rings (SSSR count). The van der Waals surface area contributed by atoms with Crippen LogP contribution in [0.3, 0.4) is 0 Å². The normalized spacial score (nSPS) is 16.1. The van der Waals surface area contributed by atoms with E-state index in [-0.39, 0.29) is 5.82 Å². The minimum absolute atomic E-state index is 0.283. The zero-order valence-corrected chi connectivity index (χ0v) is 19.7. The van der Waals surface area contributed by atoms with Gasteiger partial charge in [-0.25, -0.2) is 14.2 Å². The molecule has 8 heteroatoms. The van der Waals surface area contributed by atoms with Gasteiger partial charge in [0.2, 0.25) is 11.6 Å². The van der Waals surface area contributed by atoms with Crippen molar-refractivity contribution in [2.24, 2.45) is 0 Å². The molecule has 2 aliphatic heterocycles. The molecule has 35 heavy (non-hydrogen) atoms. The number of nitrogens with zero attached hydrogens (tertiary/aromatic N) is 7. The van der Waals surface area contributed by atoms with Gasteiger partial charge in [0.25, 0.3) is 0 Å². The van der Waals surface area contributed by atoms with E-state index in [0.29, 0.717) is 24.7 Å². The maximum atomic E-state index is 13.6. The molecule has 0 N–H and O–H groups in total. The van der Waals surface area contributed by atoms with E-state index in [0.717, 1.165) is 65.8 Å². The molecular formula is C27H26FN7. The average Bonchev–Trinajstić information content (AvgIpc) is 3.30. The van der Waals surface area contributed by atoms with Gasteiger partial charge in [0.1, 0.15) is 17.5 Å². The molecule has 0 saturated carbocycles. The van der Waals surface area contributed by atoms with Crippen molar-refractivity contribution in [2.75, 3.05) is 40.9 Å². The van der Waals surface area contributed by atoms with Crippen molar-refractivity contribution in [1.82, 2.24) is 15.0 Å². The molecule has 0 spiro atoms. The van der Waals surface area contributed by atoms with E-state index >= 15 is 0 Å². The number of hydrogen-bond donors (Lipinski definition) is 0. The fourth-order valence-corrected chi connectivity index (χ4v) is 4.59. The molecule has 0 radical (unpaired) electrons. The number of aromatic nitrogens is 3. The van der Waals surface area contributed by atoms with E-state index in [1.165, 1.54) is 12.1 Å². The number of anilines is 3. The van der Waals surface area contributed by atoms with Crippen LogP contribution in [0.4, 0.5) is 27.7 Å². The minimum Gasteiger partial charge on any atom is -0.349 e. The standard InChI is InChI=1S/C27H26FN7/c1-18-14-23(29-4)16-30-26(18)33-12-13-34(20(3)17-33)25-15-24(21-7-9-22(28)10-8-21)31-27(32-25)35-11-5-6-19(35)2/h7-10,14-16H,2-3,5-6,11-13,17H2,1H3. The molecule has 0 atom stereocenters. The van der Waals surface area contributed by atoms with E-state index < -0.39 is 0 Å². The van der Waals surface area contributed by atoms with Crippen LogP contribution in [0.25, 0.3) is 16.1 Å². The van der Waals surface area contributed by atoms with E-state index in [4.69, 9.17) is 16.5 Å². The lowest BCUT2D eigenvalue weighted by Crippen LogP contribution is -2.45. The molecule has 2 aliphatic rings. The van der Waals surface area contributed by atoms with Crippen LogP contribution in [0.5, 0.6) is 0 Å². The number of benzene rings is 1. The van der Waals surface area contributed by atoms with Crippen molar-refractivity contribution >= 4 is 23.3 Å². The van der Waals surface area contributed by atoms with Crippen molar-refractivity contribution in [1.29, 1.82) is 0 Å². The van der Waals surface area contributed by atoms with Crippen molar-refractivity contribution in [2.45, 2.75) is 19.8 Å². The molecule has 4 heterocycles. The highest BCUT2D eigenvalue weighted by Gasteiger charge is 2.26. The molecule has 2 fully saturated rings. The first-order valence-electron chi connectivity index (χ1n) is 11.6. The minimum atomic E-state index is -0.283. The van der Waals surface area contributed by atoms with Crippen LogP contribution in [0.2, 0.25) is 0 Å². The number of hydrogen-bond acceptors (Lipinski definition) is 6. The van der Waals surface area contributed by atoms with E-state index in [1.54, 1.807) is 18.3 Å². The molecular weight excluding hydrogens is 441 g/mol. The number of piperazine rings is 1. The number of allylic oxidation sites excluding steroid dienone is 1. The Morgan fingerprint density at radius 2 is 1.80 bits per heavy atom. The predicted molar refractivity (Wildman–Crippen MR) is 137 cm³/mol. The lowest BCUT2D eigenvalue weighted by molar-refractivity contribution is 0.628. The number of pyridine rings is 1. The Kier molecular flexibility index (Phi) is 5.91. The largest absolute Gasteiger partial charge is 0.349 e. The maximum absolute atomic E-state index is 13.6. The third-order valence-electron chi connectivity index (χ3n) is 6.40. The quantitative estimate of drug-likeness (QED) is 0.473. The van der Waals surface area contributed by atoms with Crippen LogP contribution < -0.4 is 14.7 Å². The molecule has 0 amide bonds. The summed E-state index contributed by atoms with van der Waals surface area (Å²) in [5.41, 5.74) is 4.95. The summed E-state index contributed by atoms with van der Waals surface area (Å²) in [6, 6.07) is 10.1. The molecule has 176 valence electrons. The lowest BCUT2D eigenvalue weighted by Gasteiger charge is -2.38. The Labute approximate surface area is 204 Å². The van der Waals surface area contributed by atoms with Crippen LogP contribution >= 0.6 is 0 Å². The number of rotatable bonds is 4. The van der Waals surface area contributed by atoms with Crippen molar-refractivity contribution < 1.29 is 4.39 Å². The summed E-state index contributed by atoms with van der Waals surface area (Å²) in [6.45, 7) is 20.5. The summed E-state index contributed by atoms with van der Waals surface area (Å²) in [5.74, 6) is 1.94. The maximum Gasteiger partial charge on any atom is 0.232 e. The summed E-state index contributed by atoms with van der Waals surface area (Å²) >= 11 is 0. The highest BCUT2D eigenvalue weighted by atomic mass is 19.1. The Hall–Kier alpha value is -4.25. The molecule has 7 nitrogen and oxygen atoms in total. The van der Waals surface area contributed by atoms with E-state index in [2.05, 4.69) is 37.7 Å². The Morgan fingerprint density at radius 1 is 1.00 bits per heavy atom. The van der Waals surface area contributed by atoms with Crippen LogP contribution in [0.1, 0.15) is 18.4 Å². The van der Waals surface area contributed by atoms with E-state index in [9.17, 15) is 4.39 Å². The lowest BCUT2D eigenvalue weighted by atomic mass is 10.1. The molecule has 1 aromatic carbocycles. The predicted octanol–water partition coefficient (Wildman–Crippen LogP) is 5.49. The SMILES string of the molecule is [C-]#[N+]c1cnc(N2CCN(c3cc(-c4ccc(F)cc4)nc(N4CCCC4=C)n3)C(=C)C2)c(C)c1. The van der Waals surface area contributed by atoms with Gasteiger partial charge in [-0.3, -0.25) is 4.98 Å². The third-order valence-corrected chi connectivity index (χ3v) is 6.40. The molecule has 2 aromatic heterocycles. The zero-order chi connectivity index (χ0) is 24.5. The summed E-state index contributed by atoms with van der Waals surface area (Å²) in [7, 11) is 0. The van der Waals surface area contributed by atoms with E-state index in [1.807, 2.05) is 19.1 Å². The highest BCUT2D eigenvalue weighted by molar-refractivity contribution is 5.67. The third kappa shape index (κ3) is 4.45. The molecule has 3 aromatic rings. The van der Waals surface area contributed by atoms with Crippen LogP contribution in [-0.4, -0.2) is 41.1 Å². The summed E-state index contributed by atoms with van der Waals surface area (Å²) in [6.07, 6.45) is 3.55. The number of halogens is 1. The first kappa shape index (κ1) is 22.5. The van der Waals surface area contributed by atoms with Gasteiger partial charge in [0, 0.05) is 48.9 Å². The Balaban J connectivity index is 1.46. The van der Waals surface area contributed by atoms with Crippen molar-refractivity contribution in [3.8, 4) is 11.3 Å². The van der Waals surface area contributed by atoms with Crippen molar-refractivity contribution in [3.63, 3.8) is 0 Å². The molecule has 0 bridgehead atoms. The summed E-state index contributed by atoms with van der Waals surface area (Å²) in [5, 5.41) is 0. The van der Waals surface area contributed by atoms with Gasteiger partial charge in [0.15, 0.2) is 0 Å². The van der Waals surface area contributed by atoms with Gasteiger partial charge in [-0.1, -0.05) is 13.2 Å². The fraction of sp³-hybridized carbons (Fsp3) is 0.259. The first-order valence-corrected chi connectivity index (χ1v) is 11.6. The monoisotopic (exact) mass is 467 g/mol. The van der Waals surface area contributed by atoms with Gasteiger partial charge in [-0.2, -0.15) is 4.98 Å². The number of aryl methyl sites for hydroxylation is 1.